The predicted octanol–water partition coefficient (Wildman–Crippen LogP) is 0.274. The summed E-state index contributed by atoms with van der Waals surface area (Å²) in [6.45, 7) is 0. The van der Waals surface area contributed by atoms with E-state index in [0.717, 1.165) is 0 Å². The quantitative estimate of drug-likeness (QED) is 0.429. The van der Waals surface area contributed by atoms with Gasteiger partial charge in [0.05, 0.1) is 0 Å². The maximum absolute atomic E-state index is 3.55. The van der Waals surface area contributed by atoms with Crippen molar-refractivity contribution >= 4 is 0 Å². The largest absolute Gasteiger partial charge is 0.374 e. The van der Waals surface area contributed by atoms with Gasteiger partial charge in [-0.15, -0.1) is 6.07 Å². The summed E-state index contributed by atoms with van der Waals surface area (Å²) in [6, 6.07) is 1.75. The van der Waals surface area contributed by atoms with E-state index in [0.29, 0.717) is 0 Å². The van der Waals surface area contributed by atoms with Gasteiger partial charge in [0.1, 0.15) is 0 Å². The van der Waals surface area contributed by atoms with Crippen LogP contribution >= 0.6 is 0 Å². The minimum atomic E-state index is 0. The summed E-state index contributed by atoms with van der Waals surface area (Å²) >= 11 is 0. The first-order chi connectivity index (χ1) is 3.00. The van der Waals surface area contributed by atoms with Gasteiger partial charge >= 0.3 is 0 Å². The number of nitrogens with zero attached hydrogens (tertiary/aromatic N) is 2. The van der Waals surface area contributed by atoms with Gasteiger partial charge in [-0.05, 0) is 0 Å². The minimum absolute atomic E-state index is 0. The Balaban J connectivity index is 0.000000360. The molecule has 1 heterocycles. The molecule has 0 spiro atoms. The zero-order valence-electron chi connectivity index (χ0n) is 3.44. The van der Waals surface area contributed by atoms with Crippen LogP contribution in [0.15, 0.2) is 18.5 Å². The number of rotatable bonds is 0. The number of hydrogen-bond acceptors (Lipinski definition) is 2. The molecule has 2 nitrogen and oxygen atoms in total. The average Bonchev–Trinajstić information content (AvgIpc) is 1.72. The Morgan fingerprint density at radius 2 is 1.71 bits per heavy atom. The van der Waals surface area contributed by atoms with Gasteiger partial charge in [-0.1, -0.05) is 12.4 Å². The van der Waals surface area contributed by atoms with Gasteiger partial charge in [0, 0.05) is 26.8 Å². The van der Waals surface area contributed by atoms with E-state index in [1.807, 2.05) is 0 Å². The van der Waals surface area contributed by atoms with Crippen LogP contribution in [0.2, 0.25) is 0 Å². The third kappa shape index (κ3) is 2.44. The van der Waals surface area contributed by atoms with Crippen LogP contribution in [0.4, 0.5) is 0 Å². The summed E-state index contributed by atoms with van der Waals surface area (Å²) in [4.78, 5) is 7.10. The Labute approximate surface area is 55.6 Å². The van der Waals surface area contributed by atoms with Crippen molar-refractivity contribution in [3.8, 4) is 0 Å². The second-order valence-corrected chi connectivity index (χ2v) is 0.849. The van der Waals surface area contributed by atoms with Gasteiger partial charge in [-0.2, -0.15) is 0 Å². The van der Waals surface area contributed by atoms with E-state index in [1.165, 1.54) is 0 Å². The van der Waals surface area contributed by atoms with E-state index in [2.05, 4.69) is 16.3 Å². The van der Waals surface area contributed by atoms with Crippen molar-refractivity contribution in [1.82, 2.24) is 9.97 Å². The monoisotopic (exact) mass is 185 g/mol. The topological polar surface area (TPSA) is 25.8 Å². The molecule has 0 fully saturated rings. The second kappa shape index (κ2) is 3.92. The Bertz CT molecular complexity index is 81.6. The fourth-order valence-electron chi connectivity index (χ4n) is 0.225. The van der Waals surface area contributed by atoms with E-state index < -0.39 is 0 Å². The molecular formula is C4H3N2Pd-. The molecule has 1 rings (SSSR count). The first kappa shape index (κ1) is 6.74. The molecule has 0 aliphatic rings. The maximum atomic E-state index is 3.55. The van der Waals surface area contributed by atoms with Crippen molar-refractivity contribution in [2.45, 2.75) is 0 Å². The third-order valence-electron chi connectivity index (χ3n) is 0.437. The molecule has 0 bridgehead atoms. The van der Waals surface area contributed by atoms with Crippen LogP contribution in [0.25, 0.3) is 0 Å². The van der Waals surface area contributed by atoms with Gasteiger partial charge in [-0.25, -0.2) is 0 Å². The van der Waals surface area contributed by atoms with Crippen LogP contribution in [0, 0.1) is 6.33 Å². The van der Waals surface area contributed by atoms with Crippen molar-refractivity contribution in [1.29, 1.82) is 0 Å². The molecule has 0 atom stereocenters. The van der Waals surface area contributed by atoms with Crippen molar-refractivity contribution in [2.75, 3.05) is 0 Å². The van der Waals surface area contributed by atoms with Crippen LogP contribution in [0.5, 0.6) is 0 Å². The Hall–Kier alpha value is -0.258. The summed E-state index contributed by atoms with van der Waals surface area (Å²) < 4.78 is 0. The SMILES string of the molecule is [Pd].[c-]1ncccn1. The molecule has 0 saturated heterocycles. The fourth-order valence-corrected chi connectivity index (χ4v) is 0.225. The van der Waals surface area contributed by atoms with Crippen LogP contribution < -0.4 is 0 Å². The molecule has 7 heavy (non-hydrogen) atoms. The van der Waals surface area contributed by atoms with E-state index >= 15 is 0 Å². The van der Waals surface area contributed by atoms with Gasteiger partial charge in [0.15, 0.2) is 0 Å². The van der Waals surface area contributed by atoms with Crippen molar-refractivity contribution < 1.29 is 20.4 Å². The molecule has 40 valence electrons. The smallest absolute Gasteiger partial charge is 0.0213 e. The minimum Gasteiger partial charge on any atom is -0.374 e. The van der Waals surface area contributed by atoms with Crippen LogP contribution in [0.3, 0.4) is 0 Å². The summed E-state index contributed by atoms with van der Waals surface area (Å²) in [5.74, 6) is 0. The molecule has 0 amide bonds. The molecule has 0 aliphatic carbocycles. The zero-order valence-corrected chi connectivity index (χ0v) is 5.00. The molecule has 1 aromatic heterocycles. The van der Waals surface area contributed by atoms with Crippen LogP contribution in [-0.2, 0) is 20.4 Å². The standard InChI is InChI=1S/C4H3N2.Pd/c1-2-5-4-6-3-1;/h1-3H;/q-1;. The molecule has 0 N–H and O–H groups in total. The summed E-state index contributed by atoms with van der Waals surface area (Å²) in [5.41, 5.74) is 0. The average molecular weight is 186 g/mol. The Kier molecular flexibility index (Phi) is 3.77. The summed E-state index contributed by atoms with van der Waals surface area (Å²) in [7, 11) is 0. The molecule has 0 radical (unpaired) electrons. The van der Waals surface area contributed by atoms with Gasteiger partial charge in [-0.3, -0.25) is 0 Å². The normalized spacial score (nSPS) is 6.86. The van der Waals surface area contributed by atoms with Gasteiger partial charge < -0.3 is 9.97 Å². The van der Waals surface area contributed by atoms with E-state index in [4.69, 9.17) is 0 Å². The molecule has 0 saturated carbocycles. The Morgan fingerprint density at radius 1 is 1.14 bits per heavy atom. The fraction of sp³-hybridized carbons (Fsp3) is 0. The van der Waals surface area contributed by atoms with Crippen molar-refractivity contribution in [2.24, 2.45) is 0 Å². The predicted molar refractivity (Wildman–Crippen MR) is 20.9 cm³/mol. The van der Waals surface area contributed by atoms with E-state index in [9.17, 15) is 0 Å². The molecule has 3 heteroatoms. The third-order valence-corrected chi connectivity index (χ3v) is 0.437. The first-order valence-electron chi connectivity index (χ1n) is 1.63. The first-order valence-corrected chi connectivity index (χ1v) is 1.63. The zero-order chi connectivity index (χ0) is 4.24. The summed E-state index contributed by atoms with van der Waals surface area (Å²) in [6.07, 6.45) is 5.66. The number of aromatic nitrogens is 2. The summed E-state index contributed by atoms with van der Waals surface area (Å²) in [5, 5.41) is 0. The molecule has 0 unspecified atom stereocenters. The van der Waals surface area contributed by atoms with Gasteiger partial charge in [0.2, 0.25) is 0 Å². The van der Waals surface area contributed by atoms with E-state index in [-0.39, 0.29) is 20.4 Å². The Morgan fingerprint density at radius 3 is 1.86 bits per heavy atom. The maximum Gasteiger partial charge on any atom is 0.0213 e. The second-order valence-electron chi connectivity index (χ2n) is 0.849. The van der Waals surface area contributed by atoms with Crippen molar-refractivity contribution in [3.05, 3.63) is 24.8 Å². The van der Waals surface area contributed by atoms with E-state index in [1.54, 1.807) is 18.5 Å². The molecule has 0 aliphatic heterocycles. The molecule has 0 aromatic carbocycles. The number of hydrogen-bond donors (Lipinski definition) is 0. The van der Waals surface area contributed by atoms with Crippen LogP contribution in [0.1, 0.15) is 0 Å². The van der Waals surface area contributed by atoms with Crippen molar-refractivity contribution in [3.63, 3.8) is 0 Å². The molecule has 1 aromatic rings. The van der Waals surface area contributed by atoms with Gasteiger partial charge in [0.25, 0.3) is 0 Å². The molecular weight excluding hydrogens is 182 g/mol. The van der Waals surface area contributed by atoms with Crippen LogP contribution in [-0.4, -0.2) is 9.97 Å².